The summed E-state index contributed by atoms with van der Waals surface area (Å²) in [6, 6.07) is 8.35. The third-order valence-corrected chi connectivity index (χ3v) is 4.23. The molecule has 0 aromatic heterocycles. The fourth-order valence-corrected chi connectivity index (χ4v) is 3.05. The minimum Gasteiger partial charge on any atom is -0.454 e. The fraction of sp³-hybridized carbons (Fsp3) is 0.500. The Kier molecular flexibility index (Phi) is 6.56. The molecule has 1 aliphatic heterocycles. The van der Waals surface area contributed by atoms with E-state index >= 15 is 0 Å². The lowest BCUT2D eigenvalue weighted by Gasteiger charge is -2.40. The predicted molar refractivity (Wildman–Crippen MR) is 87.3 cm³/mol. The van der Waals surface area contributed by atoms with Gasteiger partial charge in [0.25, 0.3) is 0 Å². The summed E-state index contributed by atoms with van der Waals surface area (Å²) in [6.07, 6.45) is -1.07. The Hall–Kier alpha value is -1.44. The maximum atomic E-state index is 12.3. The Morgan fingerprint density at radius 2 is 2.04 bits per heavy atom. The van der Waals surface area contributed by atoms with Gasteiger partial charge in [-0.3, -0.25) is 4.79 Å². The third-order valence-electron chi connectivity index (χ3n) is 3.59. The van der Waals surface area contributed by atoms with Gasteiger partial charge in [-0.15, -0.1) is 0 Å². The van der Waals surface area contributed by atoms with Gasteiger partial charge in [0.15, 0.2) is 6.29 Å². The molecule has 0 saturated carbocycles. The zero-order valence-electron chi connectivity index (χ0n) is 13.0. The van der Waals surface area contributed by atoms with Crippen molar-refractivity contribution < 1.29 is 23.8 Å². The molecule has 1 amide bonds. The number of nitrogens with one attached hydrogen (secondary N) is 1. The monoisotopic (exact) mass is 385 g/mol. The quantitative estimate of drug-likeness (QED) is 0.618. The summed E-state index contributed by atoms with van der Waals surface area (Å²) < 4.78 is 16.6. The van der Waals surface area contributed by atoms with Crippen LogP contribution >= 0.6 is 15.9 Å². The highest BCUT2D eigenvalue weighted by Crippen LogP contribution is 2.25. The largest absolute Gasteiger partial charge is 0.454 e. The van der Waals surface area contributed by atoms with Gasteiger partial charge < -0.3 is 19.5 Å². The van der Waals surface area contributed by atoms with Gasteiger partial charge >= 0.3 is 5.97 Å². The number of halogens is 1. The molecule has 1 saturated heterocycles. The van der Waals surface area contributed by atoms with Crippen LogP contribution < -0.4 is 5.32 Å². The lowest BCUT2D eigenvalue weighted by Crippen LogP contribution is -2.57. The van der Waals surface area contributed by atoms with E-state index in [2.05, 4.69) is 21.2 Å². The molecule has 0 radical (unpaired) electrons. The van der Waals surface area contributed by atoms with Gasteiger partial charge in [-0.2, -0.15) is 0 Å². The average molecular weight is 386 g/mol. The highest BCUT2D eigenvalue weighted by Gasteiger charge is 2.41. The molecule has 0 spiro atoms. The van der Waals surface area contributed by atoms with Crippen molar-refractivity contribution in [2.24, 2.45) is 0 Å². The van der Waals surface area contributed by atoms with Crippen molar-refractivity contribution in [2.45, 2.75) is 37.9 Å². The van der Waals surface area contributed by atoms with E-state index in [1.165, 1.54) is 14.0 Å². The number of carbonyl (C=O) groups is 2. The van der Waals surface area contributed by atoms with Crippen LogP contribution in [0.25, 0.3) is 0 Å². The van der Waals surface area contributed by atoms with E-state index in [-0.39, 0.29) is 11.9 Å². The number of rotatable bonds is 5. The summed E-state index contributed by atoms with van der Waals surface area (Å²) in [5.41, 5.74) is 0.455. The first-order valence-electron chi connectivity index (χ1n) is 7.32. The second kappa shape index (κ2) is 8.42. The molecule has 1 fully saturated rings. The number of benzene rings is 1. The molecule has 23 heavy (non-hydrogen) atoms. The summed E-state index contributed by atoms with van der Waals surface area (Å²) in [4.78, 5) is 23.8. The van der Waals surface area contributed by atoms with Crippen molar-refractivity contribution in [1.29, 1.82) is 0 Å². The van der Waals surface area contributed by atoms with Crippen molar-refractivity contribution in [3.05, 3.63) is 35.9 Å². The SMILES string of the molecule is CO[C@H]1CC(NC(C)=O)[C@@H](OC(=O)c2ccccc2)C(CBr)O1. The Bertz CT molecular complexity index is 539. The molecule has 1 heterocycles. The molecule has 2 rings (SSSR count). The lowest BCUT2D eigenvalue weighted by molar-refractivity contribution is -0.213. The van der Waals surface area contributed by atoms with Crippen molar-refractivity contribution in [3.63, 3.8) is 0 Å². The van der Waals surface area contributed by atoms with Crippen LogP contribution in [0, 0.1) is 0 Å². The van der Waals surface area contributed by atoms with Gasteiger partial charge in [0.2, 0.25) is 5.91 Å². The smallest absolute Gasteiger partial charge is 0.338 e. The first kappa shape index (κ1) is 17.9. The predicted octanol–water partition coefficient (Wildman–Crippen LogP) is 1.87. The van der Waals surface area contributed by atoms with E-state index in [0.717, 1.165) is 0 Å². The molecule has 4 atom stereocenters. The summed E-state index contributed by atoms with van der Waals surface area (Å²) in [5, 5.41) is 3.27. The Labute approximate surface area is 143 Å². The summed E-state index contributed by atoms with van der Waals surface area (Å²) in [7, 11) is 1.54. The zero-order valence-corrected chi connectivity index (χ0v) is 14.6. The van der Waals surface area contributed by atoms with Crippen molar-refractivity contribution >= 4 is 27.8 Å². The molecule has 1 aromatic rings. The summed E-state index contributed by atoms with van der Waals surface area (Å²) >= 11 is 3.36. The van der Waals surface area contributed by atoms with Crippen molar-refractivity contribution in [1.82, 2.24) is 5.32 Å². The molecule has 6 nitrogen and oxygen atoms in total. The molecule has 0 aliphatic carbocycles. The summed E-state index contributed by atoms with van der Waals surface area (Å²) in [5.74, 6) is -0.641. The van der Waals surface area contributed by atoms with E-state index in [1.807, 2.05) is 6.07 Å². The maximum absolute atomic E-state index is 12.3. The molecule has 7 heteroatoms. The number of hydrogen-bond donors (Lipinski definition) is 1. The van der Waals surface area contributed by atoms with Gasteiger partial charge in [0.05, 0.1) is 11.6 Å². The molecule has 126 valence electrons. The molecule has 1 N–H and O–H groups in total. The molecule has 1 aromatic carbocycles. The number of hydrogen-bond acceptors (Lipinski definition) is 5. The first-order chi connectivity index (χ1) is 11.0. The number of carbonyl (C=O) groups excluding carboxylic acids is 2. The Morgan fingerprint density at radius 3 is 2.61 bits per heavy atom. The molecular formula is C16H20BrNO5. The van der Waals surface area contributed by atoms with Crippen molar-refractivity contribution in [2.75, 3.05) is 12.4 Å². The van der Waals surface area contributed by atoms with E-state index in [4.69, 9.17) is 14.2 Å². The lowest BCUT2D eigenvalue weighted by atomic mass is 9.99. The third kappa shape index (κ3) is 4.76. The van der Waals surface area contributed by atoms with Gasteiger partial charge in [0, 0.05) is 25.8 Å². The molecule has 0 bridgehead atoms. The van der Waals surface area contributed by atoms with Gasteiger partial charge in [-0.05, 0) is 12.1 Å². The fourth-order valence-electron chi connectivity index (χ4n) is 2.53. The molecular weight excluding hydrogens is 366 g/mol. The average Bonchev–Trinajstić information content (AvgIpc) is 2.56. The van der Waals surface area contributed by atoms with Crippen LogP contribution in [0.1, 0.15) is 23.7 Å². The minimum atomic E-state index is -0.600. The number of methoxy groups -OCH3 is 1. The van der Waals surface area contributed by atoms with Crippen LogP contribution in [-0.2, 0) is 19.0 Å². The van der Waals surface area contributed by atoms with Gasteiger partial charge in [0.1, 0.15) is 12.2 Å². The van der Waals surface area contributed by atoms with E-state index in [0.29, 0.717) is 17.3 Å². The topological polar surface area (TPSA) is 73.9 Å². The van der Waals surface area contributed by atoms with E-state index in [1.54, 1.807) is 24.3 Å². The van der Waals surface area contributed by atoms with Gasteiger partial charge in [-0.1, -0.05) is 34.1 Å². The van der Waals surface area contributed by atoms with Crippen LogP contribution in [0.5, 0.6) is 0 Å². The van der Waals surface area contributed by atoms with Crippen LogP contribution in [0.3, 0.4) is 0 Å². The van der Waals surface area contributed by atoms with E-state index in [9.17, 15) is 9.59 Å². The number of esters is 1. The Morgan fingerprint density at radius 1 is 1.35 bits per heavy atom. The second-order valence-electron chi connectivity index (χ2n) is 5.27. The number of alkyl halides is 1. The van der Waals surface area contributed by atoms with Crippen LogP contribution in [-0.4, -0.2) is 48.9 Å². The van der Waals surface area contributed by atoms with Crippen LogP contribution in [0.2, 0.25) is 0 Å². The van der Waals surface area contributed by atoms with Crippen LogP contribution in [0.15, 0.2) is 30.3 Å². The highest BCUT2D eigenvalue weighted by atomic mass is 79.9. The maximum Gasteiger partial charge on any atom is 0.338 e. The standard InChI is InChI=1S/C16H20BrNO5/c1-10(19)18-12-8-14(21-2)22-13(9-17)15(12)23-16(20)11-6-4-3-5-7-11/h3-7,12-15H,8-9H2,1-2H3,(H,18,19)/t12?,13?,14-,15-/m1/s1. The van der Waals surface area contributed by atoms with Crippen molar-refractivity contribution in [3.8, 4) is 0 Å². The Balaban J connectivity index is 2.16. The van der Waals surface area contributed by atoms with Crippen LogP contribution in [0.4, 0.5) is 0 Å². The highest BCUT2D eigenvalue weighted by molar-refractivity contribution is 9.09. The number of amides is 1. The minimum absolute atomic E-state index is 0.194. The molecule has 2 unspecified atom stereocenters. The van der Waals surface area contributed by atoms with E-state index < -0.39 is 24.5 Å². The molecule has 1 aliphatic rings. The van der Waals surface area contributed by atoms with Gasteiger partial charge in [-0.25, -0.2) is 4.79 Å². The second-order valence-corrected chi connectivity index (χ2v) is 5.92. The normalized spacial score (nSPS) is 27.3. The number of ether oxygens (including phenoxy) is 3. The zero-order chi connectivity index (χ0) is 16.8. The summed E-state index contributed by atoms with van der Waals surface area (Å²) in [6.45, 7) is 1.43. The first-order valence-corrected chi connectivity index (χ1v) is 8.44.